The van der Waals surface area contributed by atoms with Crippen LogP contribution in [-0.2, 0) is 0 Å². The van der Waals surface area contributed by atoms with Crippen LogP contribution in [0.4, 0.5) is 0 Å². The van der Waals surface area contributed by atoms with E-state index in [2.05, 4.69) is 17.1 Å². The molecule has 1 N–H and O–H groups in total. The molecular formula is C18H16N2O4. The van der Waals surface area contributed by atoms with Crippen molar-refractivity contribution in [3.63, 3.8) is 0 Å². The monoisotopic (exact) mass is 324 g/mol. The summed E-state index contributed by atoms with van der Waals surface area (Å²) in [6.45, 7) is 4.18. The van der Waals surface area contributed by atoms with Gasteiger partial charge in [-0.2, -0.15) is 5.10 Å². The summed E-state index contributed by atoms with van der Waals surface area (Å²) >= 11 is 0. The molecule has 0 aliphatic carbocycles. The Morgan fingerprint density at radius 2 is 2.08 bits per heavy atom. The lowest BCUT2D eigenvalue weighted by Crippen LogP contribution is -2.17. The minimum Gasteiger partial charge on any atom is -0.489 e. The molecule has 0 atom stereocenters. The van der Waals surface area contributed by atoms with Crippen molar-refractivity contribution in [1.29, 1.82) is 0 Å². The number of hydrogen-bond acceptors (Lipinski definition) is 5. The van der Waals surface area contributed by atoms with E-state index in [1.54, 1.807) is 24.3 Å². The summed E-state index contributed by atoms with van der Waals surface area (Å²) in [5.41, 5.74) is 3.67. The van der Waals surface area contributed by atoms with Crippen molar-refractivity contribution in [3.05, 3.63) is 66.2 Å². The summed E-state index contributed by atoms with van der Waals surface area (Å²) in [6.07, 6.45) is 3.19. The zero-order valence-electron chi connectivity index (χ0n) is 12.9. The number of benzene rings is 2. The van der Waals surface area contributed by atoms with E-state index in [-0.39, 0.29) is 12.7 Å². The summed E-state index contributed by atoms with van der Waals surface area (Å²) in [5.74, 6) is 1.51. The lowest BCUT2D eigenvalue weighted by atomic mass is 10.2. The van der Waals surface area contributed by atoms with Gasteiger partial charge in [0.25, 0.3) is 5.91 Å². The van der Waals surface area contributed by atoms with Gasteiger partial charge in [-0.15, -0.1) is 0 Å². The van der Waals surface area contributed by atoms with E-state index in [4.69, 9.17) is 14.2 Å². The van der Waals surface area contributed by atoms with E-state index < -0.39 is 0 Å². The van der Waals surface area contributed by atoms with Crippen LogP contribution in [-0.4, -0.2) is 25.5 Å². The molecule has 0 unspecified atom stereocenters. The Labute approximate surface area is 139 Å². The van der Waals surface area contributed by atoms with Gasteiger partial charge in [0.2, 0.25) is 6.79 Å². The van der Waals surface area contributed by atoms with Crippen LogP contribution in [0.3, 0.4) is 0 Å². The van der Waals surface area contributed by atoms with Crippen molar-refractivity contribution < 1.29 is 19.0 Å². The van der Waals surface area contributed by atoms with Crippen molar-refractivity contribution in [3.8, 4) is 17.2 Å². The molecule has 0 fully saturated rings. The molecule has 3 rings (SSSR count). The average Bonchev–Trinajstić information content (AvgIpc) is 3.08. The lowest BCUT2D eigenvalue weighted by molar-refractivity contribution is 0.0954. The molecule has 0 radical (unpaired) electrons. The van der Waals surface area contributed by atoms with Crippen molar-refractivity contribution >= 4 is 12.1 Å². The molecule has 0 saturated heterocycles. The summed E-state index contributed by atoms with van der Waals surface area (Å²) in [6, 6.07) is 12.4. The molecule has 0 saturated carbocycles. The Hall–Kier alpha value is -3.28. The zero-order chi connectivity index (χ0) is 16.8. The van der Waals surface area contributed by atoms with Gasteiger partial charge < -0.3 is 14.2 Å². The minimum atomic E-state index is -0.339. The molecule has 122 valence electrons. The standard InChI is InChI=1S/C18H16N2O4/c1-2-9-22-15-6-4-3-5-14(15)11-19-20-18(21)13-7-8-16-17(10-13)24-12-23-16/h2-8,10-11H,1,9,12H2,(H,20,21)/b19-11-. The number of nitrogens with one attached hydrogen (secondary N) is 1. The summed E-state index contributed by atoms with van der Waals surface area (Å²) in [4.78, 5) is 12.1. The SMILES string of the molecule is C=CCOc1ccccc1/C=N\NC(=O)c1ccc2c(c1)OCO2. The molecule has 2 aromatic carbocycles. The van der Waals surface area contributed by atoms with Gasteiger partial charge in [0.1, 0.15) is 12.4 Å². The van der Waals surface area contributed by atoms with Crippen molar-refractivity contribution in [2.24, 2.45) is 5.10 Å². The number of amides is 1. The number of carbonyl (C=O) groups is 1. The summed E-state index contributed by atoms with van der Waals surface area (Å²) < 4.78 is 16.0. The van der Waals surface area contributed by atoms with Crippen LogP contribution < -0.4 is 19.6 Å². The molecule has 6 heteroatoms. The maximum absolute atomic E-state index is 12.1. The van der Waals surface area contributed by atoms with Crippen molar-refractivity contribution in [1.82, 2.24) is 5.43 Å². The Bertz CT molecular complexity index is 786. The fourth-order valence-electron chi connectivity index (χ4n) is 2.13. The number of carbonyl (C=O) groups excluding carboxylic acids is 1. The van der Waals surface area contributed by atoms with Crippen LogP contribution in [0.1, 0.15) is 15.9 Å². The Morgan fingerprint density at radius 1 is 1.25 bits per heavy atom. The van der Waals surface area contributed by atoms with Gasteiger partial charge in [-0.1, -0.05) is 24.8 Å². The van der Waals surface area contributed by atoms with Crippen LogP contribution in [0.25, 0.3) is 0 Å². The van der Waals surface area contributed by atoms with Gasteiger partial charge in [0, 0.05) is 11.1 Å². The van der Waals surface area contributed by atoms with Gasteiger partial charge in [0.05, 0.1) is 6.21 Å². The quantitative estimate of drug-likeness (QED) is 0.504. The molecule has 1 aliphatic rings. The second-order valence-electron chi connectivity index (χ2n) is 4.90. The van der Waals surface area contributed by atoms with Crippen molar-refractivity contribution in [2.45, 2.75) is 0 Å². The molecule has 24 heavy (non-hydrogen) atoms. The van der Waals surface area contributed by atoms with E-state index in [0.717, 1.165) is 5.56 Å². The maximum atomic E-state index is 12.1. The number of nitrogens with zero attached hydrogens (tertiary/aromatic N) is 1. The first-order chi connectivity index (χ1) is 11.8. The summed E-state index contributed by atoms with van der Waals surface area (Å²) in [7, 11) is 0. The first-order valence-electron chi connectivity index (χ1n) is 7.33. The number of fused-ring (bicyclic) bond motifs is 1. The smallest absolute Gasteiger partial charge is 0.271 e. The molecule has 6 nitrogen and oxygen atoms in total. The van der Waals surface area contributed by atoms with E-state index in [1.165, 1.54) is 6.21 Å². The third-order valence-corrected chi connectivity index (χ3v) is 3.28. The second kappa shape index (κ2) is 7.32. The lowest BCUT2D eigenvalue weighted by Gasteiger charge is -2.06. The van der Waals surface area contributed by atoms with Crippen LogP contribution in [0, 0.1) is 0 Å². The highest BCUT2D eigenvalue weighted by molar-refractivity contribution is 5.95. The normalized spacial score (nSPS) is 12.2. The topological polar surface area (TPSA) is 69.2 Å². The van der Waals surface area contributed by atoms with Crippen LogP contribution in [0.2, 0.25) is 0 Å². The molecule has 0 aromatic heterocycles. The molecule has 1 aliphatic heterocycles. The third kappa shape index (κ3) is 3.55. The molecule has 0 bridgehead atoms. The van der Waals surface area contributed by atoms with Crippen molar-refractivity contribution in [2.75, 3.05) is 13.4 Å². The predicted octanol–water partition coefficient (Wildman–Crippen LogP) is 2.74. The molecule has 1 amide bonds. The first kappa shape index (κ1) is 15.6. The number of ether oxygens (including phenoxy) is 3. The van der Waals surface area contributed by atoms with E-state index in [9.17, 15) is 4.79 Å². The van der Waals surface area contributed by atoms with Gasteiger partial charge in [0.15, 0.2) is 11.5 Å². The Morgan fingerprint density at radius 3 is 2.96 bits per heavy atom. The number of para-hydroxylation sites is 1. The zero-order valence-corrected chi connectivity index (χ0v) is 12.9. The highest BCUT2D eigenvalue weighted by Crippen LogP contribution is 2.32. The van der Waals surface area contributed by atoms with Gasteiger partial charge >= 0.3 is 0 Å². The summed E-state index contributed by atoms with van der Waals surface area (Å²) in [5, 5.41) is 3.98. The largest absolute Gasteiger partial charge is 0.489 e. The van der Waals surface area contributed by atoms with Crippen LogP contribution >= 0.6 is 0 Å². The van der Waals surface area contributed by atoms with E-state index in [1.807, 2.05) is 24.3 Å². The van der Waals surface area contributed by atoms with Gasteiger partial charge in [-0.25, -0.2) is 5.43 Å². The van der Waals surface area contributed by atoms with Crippen LogP contribution in [0.5, 0.6) is 17.2 Å². The van der Waals surface area contributed by atoms with Crippen LogP contribution in [0.15, 0.2) is 60.2 Å². The van der Waals surface area contributed by atoms with Gasteiger partial charge in [-0.3, -0.25) is 4.79 Å². The average molecular weight is 324 g/mol. The minimum absolute atomic E-state index is 0.167. The maximum Gasteiger partial charge on any atom is 0.271 e. The number of hydrogen-bond donors (Lipinski definition) is 1. The molecule has 1 heterocycles. The molecule has 2 aromatic rings. The molecular weight excluding hydrogens is 308 g/mol. The fourth-order valence-corrected chi connectivity index (χ4v) is 2.13. The van der Waals surface area contributed by atoms with Gasteiger partial charge in [-0.05, 0) is 30.3 Å². The number of hydrazone groups is 1. The second-order valence-corrected chi connectivity index (χ2v) is 4.90. The van der Waals surface area contributed by atoms with E-state index in [0.29, 0.717) is 29.4 Å². The molecule has 0 spiro atoms. The van der Waals surface area contributed by atoms with E-state index >= 15 is 0 Å². The Balaban J connectivity index is 1.66. The number of rotatable bonds is 6. The Kier molecular flexibility index (Phi) is 4.76. The highest BCUT2D eigenvalue weighted by atomic mass is 16.7. The fraction of sp³-hybridized carbons (Fsp3) is 0.111. The highest BCUT2D eigenvalue weighted by Gasteiger charge is 2.15. The third-order valence-electron chi connectivity index (χ3n) is 3.28. The predicted molar refractivity (Wildman–Crippen MR) is 89.8 cm³/mol. The first-order valence-corrected chi connectivity index (χ1v) is 7.33.